The van der Waals surface area contributed by atoms with E-state index in [4.69, 9.17) is 15.0 Å². The zero-order chi connectivity index (χ0) is 21.2. The monoisotopic (exact) mass is 428 g/mol. The van der Waals surface area contributed by atoms with E-state index in [9.17, 15) is 13.2 Å². The highest BCUT2D eigenvalue weighted by molar-refractivity contribution is 7.89. The van der Waals surface area contributed by atoms with Gasteiger partial charge in [-0.1, -0.05) is 5.16 Å². The van der Waals surface area contributed by atoms with Gasteiger partial charge in [-0.25, -0.2) is 8.42 Å². The van der Waals surface area contributed by atoms with Crippen molar-refractivity contribution in [3.8, 4) is 0 Å². The molecule has 164 valence electrons. The molecule has 9 nitrogen and oxygen atoms in total. The van der Waals surface area contributed by atoms with Gasteiger partial charge in [-0.15, -0.1) is 0 Å². The van der Waals surface area contributed by atoms with Crippen LogP contribution in [0.25, 0.3) is 0 Å². The molecule has 2 fully saturated rings. The van der Waals surface area contributed by atoms with Crippen LogP contribution in [-0.2, 0) is 19.6 Å². The molecule has 2 aliphatic rings. The van der Waals surface area contributed by atoms with Crippen molar-refractivity contribution < 1.29 is 22.5 Å². The molecule has 29 heavy (non-hydrogen) atoms. The fourth-order valence-corrected chi connectivity index (χ4v) is 6.49. The van der Waals surface area contributed by atoms with Gasteiger partial charge in [-0.05, 0) is 52.5 Å². The van der Waals surface area contributed by atoms with Gasteiger partial charge in [0.15, 0.2) is 5.76 Å². The summed E-state index contributed by atoms with van der Waals surface area (Å²) in [5, 5.41) is 3.78. The maximum absolute atomic E-state index is 13.0. The minimum atomic E-state index is -3.61. The van der Waals surface area contributed by atoms with Gasteiger partial charge in [-0.2, -0.15) is 4.31 Å². The van der Waals surface area contributed by atoms with Crippen LogP contribution < -0.4 is 5.73 Å². The second-order valence-corrected chi connectivity index (χ2v) is 10.1. The standard InChI is InChI=1S/C19H32N4O5S/c1-14-17(15(2)28-21-14)29(25,26)23-10-5-16(6-11-23)22-9-4-7-19(13-22,18(20)24)8-12-27-3/h16H,4-13H2,1-3H3,(H2,20,24). The number of amides is 1. The lowest BCUT2D eigenvalue weighted by Gasteiger charge is -2.46. The largest absolute Gasteiger partial charge is 0.385 e. The first-order chi connectivity index (χ1) is 13.7. The van der Waals surface area contributed by atoms with Crippen molar-refractivity contribution in [2.75, 3.05) is 39.9 Å². The molecule has 0 radical (unpaired) electrons. The molecule has 0 spiro atoms. The number of nitrogens with zero attached hydrogens (tertiary/aromatic N) is 3. The van der Waals surface area contributed by atoms with Crippen LogP contribution in [0.3, 0.4) is 0 Å². The summed E-state index contributed by atoms with van der Waals surface area (Å²) in [6.45, 7) is 6.18. The van der Waals surface area contributed by atoms with E-state index >= 15 is 0 Å². The van der Waals surface area contributed by atoms with Crippen LogP contribution in [0.1, 0.15) is 43.6 Å². The van der Waals surface area contributed by atoms with Gasteiger partial charge in [0.2, 0.25) is 15.9 Å². The number of methoxy groups -OCH3 is 1. The zero-order valence-corrected chi connectivity index (χ0v) is 18.3. The van der Waals surface area contributed by atoms with E-state index in [2.05, 4.69) is 10.1 Å². The molecule has 1 aromatic rings. The smallest absolute Gasteiger partial charge is 0.248 e. The summed E-state index contributed by atoms with van der Waals surface area (Å²) in [7, 11) is -1.99. The Labute approximate surface area is 172 Å². The molecule has 2 aliphatic heterocycles. The van der Waals surface area contributed by atoms with Crippen molar-refractivity contribution in [1.29, 1.82) is 0 Å². The fraction of sp³-hybridized carbons (Fsp3) is 0.789. The number of primary amides is 1. The minimum Gasteiger partial charge on any atom is -0.385 e. The van der Waals surface area contributed by atoms with E-state index in [1.165, 1.54) is 4.31 Å². The van der Waals surface area contributed by atoms with Crippen molar-refractivity contribution in [3.05, 3.63) is 11.5 Å². The number of hydrogen-bond acceptors (Lipinski definition) is 7. The number of sulfonamides is 1. The van der Waals surface area contributed by atoms with Crippen LogP contribution in [0.5, 0.6) is 0 Å². The van der Waals surface area contributed by atoms with Crippen molar-refractivity contribution in [2.24, 2.45) is 11.1 Å². The number of aryl methyl sites for hydroxylation is 2. The number of piperidine rings is 2. The van der Waals surface area contributed by atoms with E-state index in [0.29, 0.717) is 44.1 Å². The van der Waals surface area contributed by atoms with Crippen LogP contribution in [0.15, 0.2) is 9.42 Å². The van der Waals surface area contributed by atoms with Crippen molar-refractivity contribution in [1.82, 2.24) is 14.4 Å². The number of ether oxygens (including phenoxy) is 1. The number of likely N-dealkylation sites (tertiary alicyclic amines) is 1. The number of aromatic nitrogens is 1. The molecule has 0 bridgehead atoms. The second kappa shape index (κ2) is 8.71. The van der Waals surface area contributed by atoms with E-state index in [-0.39, 0.29) is 16.8 Å². The van der Waals surface area contributed by atoms with E-state index < -0.39 is 15.4 Å². The van der Waals surface area contributed by atoms with Crippen LogP contribution in [0.2, 0.25) is 0 Å². The molecule has 1 atom stereocenters. The van der Waals surface area contributed by atoms with E-state index in [0.717, 1.165) is 32.2 Å². The summed E-state index contributed by atoms with van der Waals surface area (Å²) in [5.74, 6) is 0.0581. The third kappa shape index (κ3) is 4.35. The average molecular weight is 429 g/mol. The predicted molar refractivity (Wildman–Crippen MR) is 107 cm³/mol. The lowest BCUT2D eigenvalue weighted by atomic mass is 9.76. The molecule has 1 aromatic heterocycles. The van der Waals surface area contributed by atoms with Crippen molar-refractivity contribution >= 4 is 15.9 Å². The lowest BCUT2D eigenvalue weighted by molar-refractivity contribution is -0.133. The third-order valence-electron chi connectivity index (χ3n) is 6.42. The molecule has 0 aliphatic carbocycles. The summed E-state index contributed by atoms with van der Waals surface area (Å²) in [6.07, 6.45) is 3.75. The number of carbonyl (C=O) groups excluding carboxylic acids is 1. The molecule has 1 unspecified atom stereocenters. The molecule has 1 amide bonds. The SMILES string of the molecule is COCCC1(C(N)=O)CCCN(C2CCN(S(=O)(=O)c3c(C)noc3C)CC2)C1. The lowest BCUT2D eigenvalue weighted by Crippen LogP contribution is -2.56. The van der Waals surface area contributed by atoms with E-state index in [1.54, 1.807) is 21.0 Å². The first kappa shape index (κ1) is 22.2. The predicted octanol–water partition coefficient (Wildman–Crippen LogP) is 1.05. The Balaban J connectivity index is 1.67. The highest BCUT2D eigenvalue weighted by Gasteiger charge is 2.43. The van der Waals surface area contributed by atoms with Gasteiger partial charge in [-0.3, -0.25) is 9.69 Å². The van der Waals surface area contributed by atoms with Gasteiger partial charge >= 0.3 is 0 Å². The molecule has 2 N–H and O–H groups in total. The Morgan fingerprint density at radius 1 is 1.31 bits per heavy atom. The molecule has 2 saturated heterocycles. The quantitative estimate of drug-likeness (QED) is 0.689. The van der Waals surface area contributed by atoms with Crippen molar-refractivity contribution in [2.45, 2.75) is 56.9 Å². The molecule has 3 rings (SSSR count). The molecular weight excluding hydrogens is 396 g/mol. The van der Waals surface area contributed by atoms with E-state index in [1.807, 2.05) is 0 Å². The average Bonchev–Trinajstić information content (AvgIpc) is 3.05. The highest BCUT2D eigenvalue weighted by atomic mass is 32.2. The maximum atomic E-state index is 13.0. The van der Waals surface area contributed by atoms with Crippen LogP contribution in [-0.4, -0.2) is 74.6 Å². The van der Waals surface area contributed by atoms with Crippen LogP contribution in [0.4, 0.5) is 0 Å². The van der Waals surface area contributed by atoms with Crippen LogP contribution in [0, 0.1) is 19.3 Å². The van der Waals surface area contributed by atoms with Gasteiger partial charge in [0, 0.05) is 39.4 Å². The Kier molecular flexibility index (Phi) is 6.67. The fourth-order valence-electron chi connectivity index (χ4n) is 4.72. The molecule has 0 aromatic carbocycles. The summed E-state index contributed by atoms with van der Waals surface area (Å²) in [6, 6.07) is 0.243. The molecule has 10 heteroatoms. The Morgan fingerprint density at radius 2 is 2.00 bits per heavy atom. The summed E-state index contributed by atoms with van der Waals surface area (Å²) < 4.78 is 37.8. The second-order valence-electron chi connectivity index (χ2n) is 8.25. The summed E-state index contributed by atoms with van der Waals surface area (Å²) >= 11 is 0. The highest BCUT2D eigenvalue weighted by Crippen LogP contribution is 2.36. The topological polar surface area (TPSA) is 119 Å². The molecule has 3 heterocycles. The molecular formula is C19H32N4O5S. The zero-order valence-electron chi connectivity index (χ0n) is 17.5. The summed E-state index contributed by atoms with van der Waals surface area (Å²) in [4.78, 5) is 14.7. The number of nitrogens with two attached hydrogens (primary N) is 1. The molecule has 0 saturated carbocycles. The Bertz CT molecular complexity index is 812. The first-order valence-electron chi connectivity index (χ1n) is 10.2. The van der Waals surface area contributed by atoms with Gasteiger partial charge < -0.3 is 15.0 Å². The van der Waals surface area contributed by atoms with Crippen LogP contribution >= 0.6 is 0 Å². The Morgan fingerprint density at radius 3 is 2.55 bits per heavy atom. The number of rotatable bonds is 7. The minimum absolute atomic E-state index is 0.182. The number of carbonyl (C=O) groups is 1. The van der Waals surface area contributed by atoms with Gasteiger partial charge in [0.05, 0.1) is 5.41 Å². The summed E-state index contributed by atoms with van der Waals surface area (Å²) in [5.41, 5.74) is 5.61. The van der Waals surface area contributed by atoms with Gasteiger partial charge in [0.1, 0.15) is 10.6 Å². The third-order valence-corrected chi connectivity index (χ3v) is 8.56. The first-order valence-corrected chi connectivity index (χ1v) is 11.6. The number of hydrogen-bond donors (Lipinski definition) is 1. The Hall–Kier alpha value is -1.49. The maximum Gasteiger partial charge on any atom is 0.248 e. The van der Waals surface area contributed by atoms with Crippen molar-refractivity contribution in [3.63, 3.8) is 0 Å². The normalized spacial score (nSPS) is 25.3. The van der Waals surface area contributed by atoms with Gasteiger partial charge in [0.25, 0.3) is 0 Å².